The Balaban J connectivity index is 1.24. The van der Waals surface area contributed by atoms with Crippen LogP contribution in [0.4, 0.5) is 10.8 Å². The number of fused-ring (bicyclic) bond motifs is 3. The molecule has 32 heavy (non-hydrogen) atoms. The third-order valence-corrected chi connectivity index (χ3v) is 7.25. The number of Topliss-reactive ketones (excluding diaryl/α,β-unsaturated/α-hetero) is 1. The molecule has 1 heterocycles. The van der Waals surface area contributed by atoms with Crippen molar-refractivity contribution < 1.29 is 9.53 Å². The van der Waals surface area contributed by atoms with E-state index in [4.69, 9.17) is 4.74 Å². The number of anilines is 2. The summed E-state index contributed by atoms with van der Waals surface area (Å²) in [5, 5.41) is 12.3. The van der Waals surface area contributed by atoms with Gasteiger partial charge >= 0.3 is 0 Å². The van der Waals surface area contributed by atoms with Gasteiger partial charge in [0.25, 0.3) is 0 Å². The minimum absolute atomic E-state index is 0.0913. The largest absolute Gasteiger partial charge is 0.492 e. The number of ether oxygens (including phenoxy) is 1. The summed E-state index contributed by atoms with van der Waals surface area (Å²) in [6, 6.07) is 22.2. The number of aromatic nitrogens is 2. The highest BCUT2D eigenvalue weighted by Crippen LogP contribution is 2.37. The molecule has 0 bridgehead atoms. The Morgan fingerprint density at radius 2 is 1.84 bits per heavy atom. The fourth-order valence-electron chi connectivity index (χ4n) is 3.79. The van der Waals surface area contributed by atoms with E-state index in [1.54, 1.807) is 0 Å². The number of para-hydroxylation sites is 2. The first kappa shape index (κ1) is 20.7. The minimum atomic E-state index is 0.0913. The molecule has 0 aliphatic heterocycles. The van der Waals surface area contributed by atoms with Crippen molar-refractivity contribution in [1.82, 2.24) is 10.2 Å². The number of ketones is 1. The molecule has 0 fully saturated rings. The number of rotatable bonds is 8. The Labute approximate surface area is 194 Å². The number of benzene rings is 3. The highest BCUT2D eigenvalue weighted by molar-refractivity contribution is 8.01. The smallest absolute Gasteiger partial charge is 0.210 e. The number of carbonyl (C=O) groups is 1. The van der Waals surface area contributed by atoms with E-state index in [2.05, 4.69) is 39.8 Å². The summed E-state index contributed by atoms with van der Waals surface area (Å²) in [6.07, 6.45) is 0.932. The second kappa shape index (κ2) is 9.14. The molecule has 5 nitrogen and oxygen atoms in total. The minimum Gasteiger partial charge on any atom is -0.492 e. The molecule has 1 N–H and O–H groups in total. The number of hydrogen-bond acceptors (Lipinski definition) is 7. The van der Waals surface area contributed by atoms with E-state index in [0.717, 1.165) is 27.8 Å². The monoisotopic (exact) mass is 459 g/mol. The van der Waals surface area contributed by atoms with Gasteiger partial charge in [-0.2, -0.15) is 0 Å². The van der Waals surface area contributed by atoms with Crippen molar-refractivity contribution in [2.24, 2.45) is 0 Å². The number of thioether (sulfide) groups is 1. The summed E-state index contributed by atoms with van der Waals surface area (Å²) in [7, 11) is 0. The molecule has 1 aliphatic rings. The van der Waals surface area contributed by atoms with Gasteiger partial charge in [-0.15, -0.1) is 10.2 Å². The molecule has 5 rings (SSSR count). The van der Waals surface area contributed by atoms with Gasteiger partial charge in [-0.1, -0.05) is 71.6 Å². The number of hydrogen-bond donors (Lipinski definition) is 1. The molecule has 0 unspecified atom stereocenters. The third kappa shape index (κ3) is 4.26. The summed E-state index contributed by atoms with van der Waals surface area (Å²) in [4.78, 5) is 12.8. The van der Waals surface area contributed by atoms with Gasteiger partial charge in [0, 0.05) is 5.56 Å². The average Bonchev–Trinajstić information content (AvgIpc) is 3.42. The Hall–Kier alpha value is -3.16. The van der Waals surface area contributed by atoms with Crippen molar-refractivity contribution in [2.45, 2.75) is 17.7 Å². The Bertz CT molecular complexity index is 1290. The van der Waals surface area contributed by atoms with Gasteiger partial charge in [0.2, 0.25) is 5.13 Å². The highest BCUT2D eigenvalue weighted by Gasteiger charge is 2.20. The van der Waals surface area contributed by atoms with Gasteiger partial charge in [-0.3, -0.25) is 4.79 Å². The quantitative estimate of drug-likeness (QED) is 0.219. The van der Waals surface area contributed by atoms with Crippen LogP contribution < -0.4 is 10.1 Å². The lowest BCUT2D eigenvalue weighted by molar-refractivity contribution is 0.102. The van der Waals surface area contributed by atoms with E-state index in [1.165, 1.54) is 45.4 Å². The highest BCUT2D eigenvalue weighted by atomic mass is 32.2. The number of nitrogens with one attached hydrogen (secondary N) is 1. The van der Waals surface area contributed by atoms with Gasteiger partial charge in [0.1, 0.15) is 5.75 Å². The maximum absolute atomic E-state index is 12.8. The second-order valence-corrected chi connectivity index (χ2v) is 9.54. The Morgan fingerprint density at radius 3 is 2.75 bits per heavy atom. The zero-order valence-electron chi connectivity index (χ0n) is 17.5. The molecule has 0 amide bonds. The molecule has 0 atom stereocenters. The standard InChI is InChI=1S/C25H21N3O2S2/c1-2-30-23-10-6-5-9-21(23)26-24-27-28-25(32-24)31-15-22(29)18-12-11-17-13-16-7-3-4-8-19(16)20(17)14-18/h3-12,14H,2,13,15H2,1H3,(H,26,27). The van der Waals surface area contributed by atoms with Crippen molar-refractivity contribution in [2.75, 3.05) is 17.7 Å². The van der Waals surface area contributed by atoms with E-state index >= 15 is 0 Å². The molecular weight excluding hydrogens is 438 g/mol. The topological polar surface area (TPSA) is 64.1 Å². The Morgan fingerprint density at radius 1 is 1.03 bits per heavy atom. The van der Waals surface area contributed by atoms with Gasteiger partial charge < -0.3 is 10.1 Å². The maximum Gasteiger partial charge on any atom is 0.210 e. The van der Waals surface area contributed by atoms with Crippen molar-refractivity contribution in [3.63, 3.8) is 0 Å². The number of nitrogens with zero attached hydrogens (tertiary/aromatic N) is 2. The van der Waals surface area contributed by atoms with Crippen LogP contribution in [0.5, 0.6) is 5.75 Å². The lowest BCUT2D eigenvalue weighted by atomic mass is 10.0. The van der Waals surface area contributed by atoms with Gasteiger partial charge in [-0.05, 0) is 53.8 Å². The first-order valence-electron chi connectivity index (χ1n) is 10.4. The van der Waals surface area contributed by atoms with E-state index in [0.29, 0.717) is 17.5 Å². The van der Waals surface area contributed by atoms with Crippen LogP contribution in [0.25, 0.3) is 11.1 Å². The van der Waals surface area contributed by atoms with Crippen LogP contribution in [0.2, 0.25) is 0 Å². The first-order chi connectivity index (χ1) is 15.7. The van der Waals surface area contributed by atoms with Gasteiger partial charge in [0.15, 0.2) is 10.1 Å². The van der Waals surface area contributed by atoms with Crippen LogP contribution in [0.3, 0.4) is 0 Å². The van der Waals surface area contributed by atoms with Crippen LogP contribution in [0, 0.1) is 0 Å². The van der Waals surface area contributed by atoms with E-state index in [-0.39, 0.29) is 5.78 Å². The zero-order valence-corrected chi connectivity index (χ0v) is 19.1. The molecule has 1 aliphatic carbocycles. The molecule has 0 radical (unpaired) electrons. The van der Waals surface area contributed by atoms with E-state index in [9.17, 15) is 4.79 Å². The van der Waals surface area contributed by atoms with E-state index < -0.39 is 0 Å². The van der Waals surface area contributed by atoms with Gasteiger partial charge in [-0.25, -0.2) is 0 Å². The molecule has 7 heteroatoms. The van der Waals surface area contributed by atoms with Crippen LogP contribution >= 0.6 is 23.1 Å². The predicted molar refractivity (Wildman–Crippen MR) is 131 cm³/mol. The van der Waals surface area contributed by atoms with Crippen molar-refractivity contribution in [3.05, 3.63) is 83.4 Å². The molecule has 0 saturated carbocycles. The van der Waals surface area contributed by atoms with Crippen LogP contribution in [0.15, 0.2) is 71.1 Å². The molecule has 4 aromatic rings. The van der Waals surface area contributed by atoms with Crippen molar-refractivity contribution in [1.29, 1.82) is 0 Å². The molecule has 3 aromatic carbocycles. The Kier molecular flexibility index (Phi) is 5.92. The fourth-order valence-corrected chi connectivity index (χ4v) is 5.45. The average molecular weight is 460 g/mol. The molecule has 1 aromatic heterocycles. The fraction of sp³-hybridized carbons (Fsp3) is 0.160. The maximum atomic E-state index is 12.8. The lowest BCUT2D eigenvalue weighted by Gasteiger charge is -2.09. The molecule has 0 spiro atoms. The van der Waals surface area contributed by atoms with E-state index in [1.807, 2.05) is 49.4 Å². The molecule has 0 saturated heterocycles. The third-order valence-electron chi connectivity index (χ3n) is 5.28. The van der Waals surface area contributed by atoms with Crippen molar-refractivity contribution >= 4 is 39.7 Å². The summed E-state index contributed by atoms with van der Waals surface area (Å²) >= 11 is 2.84. The zero-order chi connectivity index (χ0) is 21.9. The molecule has 160 valence electrons. The summed E-state index contributed by atoms with van der Waals surface area (Å²) < 4.78 is 6.39. The van der Waals surface area contributed by atoms with Gasteiger partial charge in [0.05, 0.1) is 18.0 Å². The van der Waals surface area contributed by atoms with Crippen LogP contribution in [-0.4, -0.2) is 28.3 Å². The summed E-state index contributed by atoms with van der Waals surface area (Å²) in [5.74, 6) is 1.19. The lowest BCUT2D eigenvalue weighted by Crippen LogP contribution is -2.02. The summed E-state index contributed by atoms with van der Waals surface area (Å²) in [5.41, 5.74) is 6.59. The second-order valence-electron chi connectivity index (χ2n) is 7.34. The molecular formula is C25H21N3O2S2. The normalized spacial score (nSPS) is 11.7. The SMILES string of the molecule is CCOc1ccccc1Nc1nnc(SCC(=O)c2ccc3c(c2)-c2ccccc2C3)s1. The van der Waals surface area contributed by atoms with Crippen LogP contribution in [-0.2, 0) is 6.42 Å². The first-order valence-corrected chi connectivity index (χ1v) is 12.2. The summed E-state index contributed by atoms with van der Waals surface area (Å²) in [6.45, 7) is 2.54. The van der Waals surface area contributed by atoms with Crippen molar-refractivity contribution in [3.8, 4) is 16.9 Å². The van der Waals surface area contributed by atoms with Crippen LogP contribution in [0.1, 0.15) is 28.4 Å². The number of carbonyl (C=O) groups excluding carboxylic acids is 1. The predicted octanol–water partition coefficient (Wildman–Crippen LogP) is 6.23.